The van der Waals surface area contributed by atoms with Gasteiger partial charge in [0, 0.05) is 10.9 Å². The van der Waals surface area contributed by atoms with Crippen molar-refractivity contribution in [2.45, 2.75) is 20.0 Å². The first-order chi connectivity index (χ1) is 11.6. The average Bonchev–Trinajstić information content (AvgIpc) is 2.98. The maximum absolute atomic E-state index is 13.2. The van der Waals surface area contributed by atoms with Crippen molar-refractivity contribution in [3.05, 3.63) is 54.3 Å². The van der Waals surface area contributed by atoms with Gasteiger partial charge in [0.1, 0.15) is 22.9 Å². The molecule has 0 amide bonds. The van der Waals surface area contributed by atoms with Crippen LogP contribution in [0.5, 0.6) is 5.75 Å². The van der Waals surface area contributed by atoms with Crippen LogP contribution in [0.2, 0.25) is 0 Å². The zero-order chi connectivity index (χ0) is 17.1. The van der Waals surface area contributed by atoms with Crippen LogP contribution in [0.4, 0.5) is 4.39 Å². The summed E-state index contributed by atoms with van der Waals surface area (Å²) in [6, 6.07) is 13.3. The molecule has 3 aromatic rings. The highest BCUT2D eigenvalue weighted by Gasteiger charge is 2.15. The molecule has 0 saturated carbocycles. The Bertz CT molecular complexity index is 851. The molecule has 4 nitrogen and oxygen atoms in total. The summed E-state index contributed by atoms with van der Waals surface area (Å²) in [5, 5.41) is 0.709. The van der Waals surface area contributed by atoms with E-state index in [0.29, 0.717) is 29.1 Å². The molecule has 5 heteroatoms. The van der Waals surface area contributed by atoms with Gasteiger partial charge >= 0.3 is 5.97 Å². The smallest absolute Gasteiger partial charge is 0.347 e. The zero-order valence-corrected chi connectivity index (χ0v) is 13.4. The van der Waals surface area contributed by atoms with Gasteiger partial charge in [-0.3, -0.25) is 0 Å². The van der Waals surface area contributed by atoms with Crippen LogP contribution in [0.1, 0.15) is 13.8 Å². The molecule has 0 fully saturated rings. The predicted molar refractivity (Wildman–Crippen MR) is 88.3 cm³/mol. The van der Waals surface area contributed by atoms with Crippen molar-refractivity contribution >= 4 is 16.9 Å². The van der Waals surface area contributed by atoms with Crippen LogP contribution in [0.3, 0.4) is 0 Å². The van der Waals surface area contributed by atoms with Gasteiger partial charge in [-0.05, 0) is 62.4 Å². The fourth-order valence-corrected chi connectivity index (χ4v) is 2.37. The normalized spacial score (nSPS) is 12.1. The van der Waals surface area contributed by atoms with E-state index in [2.05, 4.69) is 0 Å². The van der Waals surface area contributed by atoms with Gasteiger partial charge < -0.3 is 13.9 Å². The minimum absolute atomic E-state index is 0.299. The van der Waals surface area contributed by atoms with Gasteiger partial charge in [0.05, 0.1) is 6.61 Å². The molecule has 1 atom stereocenters. The van der Waals surface area contributed by atoms with E-state index in [9.17, 15) is 9.18 Å². The molecule has 0 aliphatic carbocycles. The molecule has 0 aliphatic rings. The molecule has 124 valence electrons. The maximum atomic E-state index is 13.2. The van der Waals surface area contributed by atoms with Crippen molar-refractivity contribution < 1.29 is 23.1 Å². The maximum Gasteiger partial charge on any atom is 0.347 e. The number of esters is 1. The fourth-order valence-electron chi connectivity index (χ4n) is 2.37. The minimum Gasteiger partial charge on any atom is -0.479 e. The molecule has 0 spiro atoms. The predicted octanol–water partition coefficient (Wildman–Crippen LogP) is 4.57. The van der Waals surface area contributed by atoms with E-state index in [0.717, 1.165) is 5.56 Å². The van der Waals surface area contributed by atoms with E-state index >= 15 is 0 Å². The summed E-state index contributed by atoms with van der Waals surface area (Å²) in [5.74, 6) is 0.495. The summed E-state index contributed by atoms with van der Waals surface area (Å²) in [6.45, 7) is 3.70. The molecule has 0 N–H and O–H groups in total. The highest BCUT2D eigenvalue weighted by molar-refractivity contribution is 5.83. The number of carbonyl (C=O) groups is 1. The fraction of sp³-hybridized carbons (Fsp3) is 0.211. The van der Waals surface area contributed by atoms with Gasteiger partial charge in [-0.15, -0.1) is 0 Å². The number of carbonyl (C=O) groups excluding carboxylic acids is 1. The summed E-state index contributed by atoms with van der Waals surface area (Å²) >= 11 is 0. The van der Waals surface area contributed by atoms with Crippen molar-refractivity contribution in [2.75, 3.05) is 6.61 Å². The molecule has 0 radical (unpaired) electrons. The largest absolute Gasteiger partial charge is 0.479 e. The Kier molecular flexibility index (Phi) is 4.51. The standard InChI is InChI=1S/C19H17FO4/c1-3-22-19(21)12(2)23-16-7-4-13(5-8-16)18-11-14-10-15(20)6-9-17(14)24-18/h4-12H,3H2,1-2H3. The number of fused-ring (bicyclic) bond motifs is 1. The van der Waals surface area contributed by atoms with E-state index < -0.39 is 12.1 Å². The number of hydrogen-bond acceptors (Lipinski definition) is 4. The topological polar surface area (TPSA) is 48.7 Å². The van der Waals surface area contributed by atoms with Crippen molar-refractivity contribution in [2.24, 2.45) is 0 Å². The van der Waals surface area contributed by atoms with Gasteiger partial charge in [-0.25, -0.2) is 9.18 Å². The number of rotatable bonds is 5. The first-order valence-corrected chi connectivity index (χ1v) is 7.69. The molecule has 0 bridgehead atoms. The molecular formula is C19H17FO4. The summed E-state index contributed by atoms with van der Waals surface area (Å²) in [5.41, 5.74) is 1.46. The number of furan rings is 1. The highest BCUT2D eigenvalue weighted by atomic mass is 19.1. The van der Waals surface area contributed by atoms with E-state index in [-0.39, 0.29) is 5.82 Å². The van der Waals surface area contributed by atoms with Gasteiger partial charge in [0.15, 0.2) is 6.10 Å². The van der Waals surface area contributed by atoms with Crippen LogP contribution in [-0.2, 0) is 9.53 Å². The Labute approximate surface area is 138 Å². The lowest BCUT2D eigenvalue weighted by Gasteiger charge is -2.13. The summed E-state index contributed by atoms with van der Waals surface area (Å²) in [7, 11) is 0. The highest BCUT2D eigenvalue weighted by Crippen LogP contribution is 2.29. The number of halogens is 1. The number of benzene rings is 2. The quantitative estimate of drug-likeness (QED) is 0.644. The Morgan fingerprint density at radius 2 is 1.92 bits per heavy atom. The minimum atomic E-state index is -0.676. The van der Waals surface area contributed by atoms with E-state index in [1.807, 2.05) is 12.1 Å². The molecule has 2 aromatic carbocycles. The lowest BCUT2D eigenvalue weighted by atomic mass is 10.1. The van der Waals surface area contributed by atoms with Crippen LogP contribution in [-0.4, -0.2) is 18.7 Å². The van der Waals surface area contributed by atoms with Crippen molar-refractivity contribution in [1.29, 1.82) is 0 Å². The SMILES string of the molecule is CCOC(=O)C(C)Oc1ccc(-c2cc3cc(F)ccc3o2)cc1. The first-order valence-electron chi connectivity index (χ1n) is 7.69. The van der Waals surface area contributed by atoms with Gasteiger partial charge in [-0.1, -0.05) is 0 Å². The lowest BCUT2D eigenvalue weighted by molar-refractivity contribution is -0.150. The van der Waals surface area contributed by atoms with Gasteiger partial charge in [0.25, 0.3) is 0 Å². The van der Waals surface area contributed by atoms with E-state index in [1.54, 1.807) is 38.1 Å². The van der Waals surface area contributed by atoms with Crippen LogP contribution in [0, 0.1) is 5.82 Å². The Balaban J connectivity index is 1.77. The summed E-state index contributed by atoms with van der Waals surface area (Å²) < 4.78 is 29.4. The monoisotopic (exact) mass is 328 g/mol. The third-order valence-corrected chi connectivity index (χ3v) is 3.55. The first kappa shape index (κ1) is 16.1. The van der Waals surface area contributed by atoms with Crippen LogP contribution in [0.25, 0.3) is 22.3 Å². The number of ether oxygens (including phenoxy) is 2. The molecule has 0 aliphatic heterocycles. The van der Waals surface area contributed by atoms with Crippen molar-refractivity contribution in [3.63, 3.8) is 0 Å². The molecule has 1 heterocycles. The third kappa shape index (κ3) is 3.40. The molecule has 0 saturated heterocycles. The third-order valence-electron chi connectivity index (χ3n) is 3.55. The van der Waals surface area contributed by atoms with Crippen LogP contribution in [0.15, 0.2) is 52.9 Å². The van der Waals surface area contributed by atoms with Crippen LogP contribution < -0.4 is 4.74 Å². The number of hydrogen-bond donors (Lipinski definition) is 0. The van der Waals surface area contributed by atoms with E-state index in [4.69, 9.17) is 13.9 Å². The van der Waals surface area contributed by atoms with Crippen LogP contribution >= 0.6 is 0 Å². The summed E-state index contributed by atoms with van der Waals surface area (Å²) in [6.07, 6.45) is -0.676. The second-order valence-electron chi connectivity index (χ2n) is 5.33. The Hall–Kier alpha value is -2.82. The molecule has 3 rings (SSSR count). The Morgan fingerprint density at radius 3 is 2.62 bits per heavy atom. The van der Waals surface area contributed by atoms with Crippen molar-refractivity contribution in [1.82, 2.24) is 0 Å². The second-order valence-corrected chi connectivity index (χ2v) is 5.33. The average molecular weight is 328 g/mol. The molecule has 24 heavy (non-hydrogen) atoms. The van der Waals surface area contributed by atoms with Gasteiger partial charge in [0.2, 0.25) is 0 Å². The van der Waals surface area contributed by atoms with Gasteiger partial charge in [-0.2, -0.15) is 0 Å². The molecule has 1 aromatic heterocycles. The summed E-state index contributed by atoms with van der Waals surface area (Å²) in [4.78, 5) is 11.6. The molecular weight excluding hydrogens is 311 g/mol. The lowest BCUT2D eigenvalue weighted by Crippen LogP contribution is -2.25. The molecule has 1 unspecified atom stereocenters. The Morgan fingerprint density at radius 1 is 1.17 bits per heavy atom. The van der Waals surface area contributed by atoms with Crippen molar-refractivity contribution in [3.8, 4) is 17.1 Å². The zero-order valence-electron chi connectivity index (χ0n) is 13.4. The van der Waals surface area contributed by atoms with E-state index in [1.165, 1.54) is 12.1 Å². The second kappa shape index (κ2) is 6.74.